The van der Waals surface area contributed by atoms with Gasteiger partial charge in [0, 0.05) is 6.07 Å². The number of nitrogens with zero attached hydrogens (tertiary/aromatic N) is 1. The molecule has 0 saturated heterocycles. The van der Waals surface area contributed by atoms with Crippen LogP contribution in [0.2, 0.25) is 0 Å². The predicted octanol–water partition coefficient (Wildman–Crippen LogP) is 3.48. The van der Waals surface area contributed by atoms with Gasteiger partial charge in [-0.05, 0) is 24.3 Å². The number of phenolic OH excluding ortho intramolecular Hbond substituents is 1. The smallest absolute Gasteiger partial charge is 0.350 e. The van der Waals surface area contributed by atoms with Crippen molar-refractivity contribution in [2.75, 3.05) is 0 Å². The lowest BCUT2D eigenvalue weighted by Gasteiger charge is -2.04. The Labute approximate surface area is 127 Å². The number of aromatic hydroxyl groups is 2. The van der Waals surface area contributed by atoms with E-state index in [1.165, 1.54) is 29.5 Å². The average Bonchev–Trinajstić information content (AvgIpc) is 2.90. The normalized spacial score (nSPS) is 11.3. The van der Waals surface area contributed by atoms with Crippen LogP contribution in [0.4, 0.5) is 0 Å². The number of phenols is 1. The summed E-state index contributed by atoms with van der Waals surface area (Å²) in [6.07, 6.45) is 0. The molecule has 108 valence electrons. The van der Waals surface area contributed by atoms with Gasteiger partial charge in [-0.15, -0.1) is 11.3 Å². The molecule has 4 aromatic rings. The summed E-state index contributed by atoms with van der Waals surface area (Å²) in [5.41, 5.74) is 0.244. The molecule has 0 atom stereocenters. The van der Waals surface area contributed by atoms with E-state index in [0.717, 1.165) is 10.2 Å². The molecule has 0 unspecified atom stereocenters. The number of hydrogen-bond donors (Lipinski definition) is 2. The SMILES string of the molecule is O=c1oc2cc(O)ccc2c(O)c1-c1nc2ccccc2s1. The van der Waals surface area contributed by atoms with Crippen LogP contribution in [0.25, 0.3) is 31.8 Å². The average molecular weight is 311 g/mol. The van der Waals surface area contributed by atoms with Crippen molar-refractivity contribution < 1.29 is 14.6 Å². The molecular formula is C16H9NO4S. The van der Waals surface area contributed by atoms with Crippen LogP contribution in [0.3, 0.4) is 0 Å². The molecule has 0 fully saturated rings. The predicted molar refractivity (Wildman–Crippen MR) is 84.4 cm³/mol. The van der Waals surface area contributed by atoms with Gasteiger partial charge in [0.1, 0.15) is 27.7 Å². The third-order valence-electron chi connectivity index (χ3n) is 3.37. The van der Waals surface area contributed by atoms with Gasteiger partial charge < -0.3 is 14.6 Å². The first-order valence-electron chi connectivity index (χ1n) is 6.48. The zero-order chi connectivity index (χ0) is 15.3. The van der Waals surface area contributed by atoms with Crippen LogP contribution < -0.4 is 5.63 Å². The van der Waals surface area contributed by atoms with Gasteiger partial charge in [0.05, 0.1) is 15.6 Å². The second kappa shape index (κ2) is 4.57. The van der Waals surface area contributed by atoms with Crippen LogP contribution in [0.1, 0.15) is 0 Å². The third-order valence-corrected chi connectivity index (χ3v) is 4.43. The van der Waals surface area contributed by atoms with Crippen molar-refractivity contribution in [2.24, 2.45) is 0 Å². The first kappa shape index (κ1) is 12.8. The van der Waals surface area contributed by atoms with Crippen LogP contribution in [0.15, 0.2) is 51.7 Å². The van der Waals surface area contributed by atoms with E-state index in [1.54, 1.807) is 0 Å². The molecule has 4 rings (SSSR count). The highest BCUT2D eigenvalue weighted by Gasteiger charge is 2.19. The van der Waals surface area contributed by atoms with Gasteiger partial charge in [-0.3, -0.25) is 0 Å². The first-order valence-corrected chi connectivity index (χ1v) is 7.30. The number of para-hydroxylation sites is 1. The van der Waals surface area contributed by atoms with E-state index in [9.17, 15) is 15.0 Å². The maximum atomic E-state index is 12.2. The van der Waals surface area contributed by atoms with Crippen molar-refractivity contribution in [1.29, 1.82) is 0 Å². The molecule has 0 saturated carbocycles. The van der Waals surface area contributed by atoms with Crippen LogP contribution in [0.5, 0.6) is 11.5 Å². The van der Waals surface area contributed by atoms with Crippen molar-refractivity contribution in [3.63, 3.8) is 0 Å². The standard InChI is InChI=1S/C16H9NO4S/c18-8-5-6-9-11(7-8)21-16(20)13(14(9)19)15-17-10-3-1-2-4-12(10)22-15/h1-7,18-19H. The summed E-state index contributed by atoms with van der Waals surface area (Å²) in [6, 6.07) is 11.7. The highest BCUT2D eigenvalue weighted by Crippen LogP contribution is 2.37. The Hall–Kier alpha value is -2.86. The molecule has 0 aliphatic rings. The lowest BCUT2D eigenvalue weighted by Crippen LogP contribution is -2.03. The molecule has 0 bridgehead atoms. The molecule has 2 N–H and O–H groups in total. The Morgan fingerprint density at radius 3 is 2.73 bits per heavy atom. The maximum Gasteiger partial charge on any atom is 0.350 e. The molecular weight excluding hydrogens is 302 g/mol. The van der Waals surface area contributed by atoms with Crippen molar-refractivity contribution >= 4 is 32.5 Å². The Balaban J connectivity index is 2.06. The summed E-state index contributed by atoms with van der Waals surface area (Å²) >= 11 is 1.31. The van der Waals surface area contributed by atoms with Crippen molar-refractivity contribution in [3.05, 3.63) is 52.9 Å². The number of fused-ring (bicyclic) bond motifs is 2. The molecule has 2 aromatic heterocycles. The second-order valence-corrected chi connectivity index (χ2v) is 5.81. The Bertz CT molecular complexity index is 1050. The van der Waals surface area contributed by atoms with Crippen molar-refractivity contribution in [2.45, 2.75) is 0 Å². The summed E-state index contributed by atoms with van der Waals surface area (Å²) in [6.45, 7) is 0. The van der Waals surface area contributed by atoms with Gasteiger partial charge >= 0.3 is 5.63 Å². The number of benzene rings is 2. The second-order valence-electron chi connectivity index (χ2n) is 4.78. The molecule has 0 amide bonds. The monoisotopic (exact) mass is 311 g/mol. The number of thiazole rings is 1. The van der Waals surface area contributed by atoms with E-state index in [-0.39, 0.29) is 22.6 Å². The maximum absolute atomic E-state index is 12.2. The zero-order valence-electron chi connectivity index (χ0n) is 11.1. The quantitative estimate of drug-likeness (QED) is 0.526. The number of aromatic nitrogens is 1. The largest absolute Gasteiger partial charge is 0.508 e. The Kier molecular flexibility index (Phi) is 2.67. The summed E-state index contributed by atoms with van der Waals surface area (Å²) in [5.74, 6) is -0.229. The van der Waals surface area contributed by atoms with E-state index in [4.69, 9.17) is 4.42 Å². The van der Waals surface area contributed by atoms with E-state index in [2.05, 4.69) is 4.98 Å². The first-order chi connectivity index (χ1) is 10.6. The fourth-order valence-electron chi connectivity index (χ4n) is 2.34. The molecule has 5 nitrogen and oxygen atoms in total. The van der Waals surface area contributed by atoms with Crippen molar-refractivity contribution in [3.8, 4) is 22.1 Å². The molecule has 0 aliphatic carbocycles. The Morgan fingerprint density at radius 1 is 1.09 bits per heavy atom. The van der Waals surface area contributed by atoms with Gasteiger partial charge in [-0.25, -0.2) is 9.78 Å². The fourth-order valence-corrected chi connectivity index (χ4v) is 3.34. The minimum absolute atomic E-state index is 0.0391. The van der Waals surface area contributed by atoms with Gasteiger partial charge in [0.15, 0.2) is 0 Å². The lowest BCUT2D eigenvalue weighted by molar-refractivity contribution is 0.464. The van der Waals surface area contributed by atoms with Gasteiger partial charge in [0.25, 0.3) is 0 Å². The third kappa shape index (κ3) is 1.85. The molecule has 0 radical (unpaired) electrons. The van der Waals surface area contributed by atoms with Gasteiger partial charge in [0.2, 0.25) is 0 Å². The minimum Gasteiger partial charge on any atom is -0.508 e. The van der Waals surface area contributed by atoms with Crippen molar-refractivity contribution in [1.82, 2.24) is 4.98 Å². The van der Waals surface area contributed by atoms with Crippen LogP contribution in [0, 0.1) is 0 Å². The molecule has 6 heteroatoms. The Morgan fingerprint density at radius 2 is 1.91 bits per heavy atom. The molecule has 22 heavy (non-hydrogen) atoms. The highest BCUT2D eigenvalue weighted by molar-refractivity contribution is 7.21. The summed E-state index contributed by atoms with van der Waals surface area (Å²) in [4.78, 5) is 16.6. The minimum atomic E-state index is -0.686. The number of rotatable bonds is 1. The summed E-state index contributed by atoms with van der Waals surface area (Å²) < 4.78 is 6.11. The van der Waals surface area contributed by atoms with Crippen LogP contribution in [-0.2, 0) is 0 Å². The van der Waals surface area contributed by atoms with Crippen LogP contribution in [-0.4, -0.2) is 15.2 Å². The molecule has 2 heterocycles. The van der Waals surface area contributed by atoms with Gasteiger partial charge in [-0.1, -0.05) is 12.1 Å². The van der Waals surface area contributed by atoms with E-state index >= 15 is 0 Å². The summed E-state index contributed by atoms with van der Waals surface area (Å²) in [5, 5.41) is 20.6. The molecule has 2 aromatic carbocycles. The van der Waals surface area contributed by atoms with Gasteiger partial charge in [-0.2, -0.15) is 0 Å². The van der Waals surface area contributed by atoms with E-state index < -0.39 is 5.63 Å². The zero-order valence-corrected chi connectivity index (χ0v) is 11.9. The number of hydrogen-bond acceptors (Lipinski definition) is 6. The lowest BCUT2D eigenvalue weighted by atomic mass is 10.1. The van der Waals surface area contributed by atoms with Crippen LogP contribution >= 0.6 is 11.3 Å². The highest BCUT2D eigenvalue weighted by atomic mass is 32.1. The van der Waals surface area contributed by atoms with E-state index in [0.29, 0.717) is 10.4 Å². The van der Waals surface area contributed by atoms with E-state index in [1.807, 2.05) is 24.3 Å². The summed E-state index contributed by atoms with van der Waals surface area (Å²) in [7, 11) is 0. The topological polar surface area (TPSA) is 83.6 Å². The molecule has 0 aliphatic heterocycles. The fraction of sp³-hybridized carbons (Fsp3) is 0. The molecule has 0 spiro atoms.